The SMILES string of the molecule is Cc1ccc2nc(C3CCCN3C(=O)NC(C)CCc3ccc(O)cc3)[nH]c2c1. The number of fused-ring (bicyclic) bond motifs is 1. The molecule has 2 unspecified atom stereocenters. The number of hydrogen-bond donors (Lipinski definition) is 3. The molecule has 29 heavy (non-hydrogen) atoms. The third kappa shape index (κ3) is 4.36. The summed E-state index contributed by atoms with van der Waals surface area (Å²) in [5, 5.41) is 12.5. The number of carbonyl (C=O) groups is 1. The molecule has 2 heterocycles. The standard InChI is InChI=1S/C23H28N4O2/c1-15-5-12-19-20(14-15)26-22(25-19)21-4-3-13-27(21)23(29)24-16(2)6-7-17-8-10-18(28)11-9-17/h5,8-12,14,16,21,28H,3-4,6-7,13H2,1-2H3,(H,24,29)(H,25,26). The molecule has 2 aromatic carbocycles. The Morgan fingerprint density at radius 2 is 2.10 bits per heavy atom. The number of carbonyl (C=O) groups excluding carboxylic acids is 1. The zero-order valence-electron chi connectivity index (χ0n) is 17.0. The number of phenols is 1. The number of nitrogens with zero attached hydrogens (tertiary/aromatic N) is 2. The maximum atomic E-state index is 12.9. The molecule has 1 aliphatic heterocycles. The average molecular weight is 393 g/mol. The van der Waals surface area contributed by atoms with Gasteiger partial charge in [-0.15, -0.1) is 0 Å². The summed E-state index contributed by atoms with van der Waals surface area (Å²) >= 11 is 0. The van der Waals surface area contributed by atoms with Crippen LogP contribution in [0.5, 0.6) is 5.75 Å². The van der Waals surface area contributed by atoms with Crippen LogP contribution in [0, 0.1) is 6.92 Å². The van der Waals surface area contributed by atoms with Gasteiger partial charge >= 0.3 is 6.03 Å². The molecule has 3 N–H and O–H groups in total. The van der Waals surface area contributed by atoms with E-state index in [0.29, 0.717) is 0 Å². The molecule has 1 aromatic heterocycles. The summed E-state index contributed by atoms with van der Waals surface area (Å²) in [7, 11) is 0. The number of benzene rings is 2. The summed E-state index contributed by atoms with van der Waals surface area (Å²) in [5.74, 6) is 1.14. The van der Waals surface area contributed by atoms with E-state index >= 15 is 0 Å². The highest BCUT2D eigenvalue weighted by atomic mass is 16.3. The van der Waals surface area contributed by atoms with Crippen molar-refractivity contribution in [3.63, 3.8) is 0 Å². The number of nitrogens with one attached hydrogen (secondary N) is 2. The zero-order chi connectivity index (χ0) is 20.4. The number of likely N-dealkylation sites (tertiary alicyclic amines) is 1. The number of H-pyrrole nitrogens is 1. The Balaban J connectivity index is 1.38. The maximum Gasteiger partial charge on any atom is 0.318 e. The minimum Gasteiger partial charge on any atom is -0.508 e. The number of hydrogen-bond acceptors (Lipinski definition) is 3. The van der Waals surface area contributed by atoms with Gasteiger partial charge in [0, 0.05) is 12.6 Å². The average Bonchev–Trinajstić information content (AvgIpc) is 3.33. The second-order valence-corrected chi connectivity index (χ2v) is 8.05. The molecule has 1 aliphatic rings. The van der Waals surface area contributed by atoms with Gasteiger partial charge in [0.2, 0.25) is 0 Å². The van der Waals surface area contributed by atoms with Gasteiger partial charge in [0.1, 0.15) is 11.6 Å². The lowest BCUT2D eigenvalue weighted by Gasteiger charge is -2.25. The minimum atomic E-state index is -0.0256. The van der Waals surface area contributed by atoms with Gasteiger partial charge in [0.25, 0.3) is 0 Å². The molecule has 6 heteroatoms. The molecule has 0 spiro atoms. The Hall–Kier alpha value is -3.02. The molecule has 0 bridgehead atoms. The number of aromatic nitrogens is 2. The number of phenolic OH excluding ortho intramolecular Hbond substituents is 1. The van der Waals surface area contributed by atoms with Gasteiger partial charge in [0.15, 0.2) is 0 Å². The summed E-state index contributed by atoms with van der Waals surface area (Å²) in [6.07, 6.45) is 3.61. The number of imidazole rings is 1. The second-order valence-electron chi connectivity index (χ2n) is 8.05. The van der Waals surface area contributed by atoms with E-state index in [4.69, 9.17) is 4.98 Å². The quantitative estimate of drug-likeness (QED) is 0.600. The Kier molecular flexibility index (Phi) is 5.43. The molecule has 0 aliphatic carbocycles. The number of aryl methyl sites for hydroxylation is 2. The van der Waals surface area contributed by atoms with E-state index in [1.807, 2.05) is 30.0 Å². The van der Waals surface area contributed by atoms with Crippen molar-refractivity contribution in [2.24, 2.45) is 0 Å². The lowest BCUT2D eigenvalue weighted by molar-refractivity contribution is 0.187. The topological polar surface area (TPSA) is 81.2 Å². The van der Waals surface area contributed by atoms with Gasteiger partial charge in [-0.2, -0.15) is 0 Å². The number of rotatable bonds is 5. The van der Waals surface area contributed by atoms with E-state index in [1.54, 1.807) is 12.1 Å². The molecule has 1 fully saturated rings. The summed E-state index contributed by atoms with van der Waals surface area (Å²) in [6.45, 7) is 4.85. The van der Waals surface area contributed by atoms with Gasteiger partial charge in [0.05, 0.1) is 17.1 Å². The van der Waals surface area contributed by atoms with E-state index in [9.17, 15) is 9.90 Å². The molecule has 2 amide bonds. The highest BCUT2D eigenvalue weighted by molar-refractivity contribution is 5.77. The van der Waals surface area contributed by atoms with Crippen LogP contribution in [-0.2, 0) is 6.42 Å². The third-order valence-electron chi connectivity index (χ3n) is 5.66. The van der Waals surface area contributed by atoms with E-state index in [0.717, 1.165) is 54.6 Å². The van der Waals surface area contributed by atoms with Gasteiger partial charge in [-0.05, 0) is 74.9 Å². The number of aromatic amines is 1. The molecule has 0 radical (unpaired) electrons. The van der Waals surface area contributed by atoms with E-state index < -0.39 is 0 Å². The van der Waals surface area contributed by atoms with Crippen molar-refractivity contribution in [1.82, 2.24) is 20.2 Å². The summed E-state index contributed by atoms with van der Waals surface area (Å²) < 4.78 is 0. The first-order chi connectivity index (χ1) is 14.0. The fourth-order valence-corrected chi connectivity index (χ4v) is 4.01. The second kappa shape index (κ2) is 8.15. The molecule has 1 saturated heterocycles. The van der Waals surface area contributed by atoms with Crippen LogP contribution in [-0.4, -0.2) is 38.6 Å². The maximum absolute atomic E-state index is 12.9. The molecule has 152 valence electrons. The van der Waals surface area contributed by atoms with E-state index in [2.05, 4.69) is 29.4 Å². The van der Waals surface area contributed by atoms with Crippen LogP contribution >= 0.6 is 0 Å². The summed E-state index contributed by atoms with van der Waals surface area (Å²) in [4.78, 5) is 23.0. The predicted octanol–water partition coefficient (Wildman–Crippen LogP) is 4.44. The highest BCUT2D eigenvalue weighted by Crippen LogP contribution is 2.31. The van der Waals surface area contributed by atoms with E-state index in [1.165, 1.54) is 5.56 Å². The zero-order valence-corrected chi connectivity index (χ0v) is 17.0. The molecule has 3 aromatic rings. The van der Waals surface area contributed by atoms with Crippen molar-refractivity contribution in [3.8, 4) is 5.75 Å². The largest absolute Gasteiger partial charge is 0.508 e. The molecular weight excluding hydrogens is 364 g/mol. The fraction of sp³-hybridized carbons (Fsp3) is 0.391. The van der Waals surface area contributed by atoms with Crippen LogP contribution in [0.4, 0.5) is 4.79 Å². The number of aromatic hydroxyl groups is 1. The van der Waals surface area contributed by atoms with Crippen molar-refractivity contribution >= 4 is 17.1 Å². The first-order valence-corrected chi connectivity index (χ1v) is 10.3. The molecule has 2 atom stereocenters. The lowest BCUT2D eigenvalue weighted by Crippen LogP contribution is -2.43. The van der Waals surface area contributed by atoms with Crippen LogP contribution < -0.4 is 5.32 Å². The van der Waals surface area contributed by atoms with Gasteiger partial charge in [-0.25, -0.2) is 9.78 Å². The predicted molar refractivity (Wildman–Crippen MR) is 114 cm³/mol. The van der Waals surface area contributed by atoms with Gasteiger partial charge in [-0.3, -0.25) is 0 Å². The van der Waals surface area contributed by atoms with Crippen molar-refractivity contribution in [1.29, 1.82) is 0 Å². The Morgan fingerprint density at radius 1 is 1.31 bits per heavy atom. The van der Waals surface area contributed by atoms with E-state index in [-0.39, 0.29) is 23.9 Å². The van der Waals surface area contributed by atoms with Crippen molar-refractivity contribution in [2.75, 3.05) is 6.54 Å². The Labute approximate surface area is 171 Å². The minimum absolute atomic E-state index is 0.00740. The number of urea groups is 1. The third-order valence-corrected chi connectivity index (χ3v) is 5.66. The first kappa shape index (κ1) is 19.3. The Morgan fingerprint density at radius 3 is 2.90 bits per heavy atom. The van der Waals surface area contributed by atoms with Crippen molar-refractivity contribution in [3.05, 3.63) is 59.4 Å². The molecule has 4 rings (SSSR count). The van der Waals surface area contributed by atoms with Gasteiger partial charge < -0.3 is 20.3 Å². The summed E-state index contributed by atoms with van der Waals surface area (Å²) in [6, 6.07) is 13.4. The van der Waals surface area contributed by atoms with Crippen molar-refractivity contribution in [2.45, 2.75) is 51.6 Å². The lowest BCUT2D eigenvalue weighted by atomic mass is 10.1. The number of amides is 2. The van der Waals surface area contributed by atoms with Crippen LogP contribution in [0.3, 0.4) is 0 Å². The fourth-order valence-electron chi connectivity index (χ4n) is 4.01. The monoisotopic (exact) mass is 392 g/mol. The molecule has 0 saturated carbocycles. The van der Waals surface area contributed by atoms with Crippen LogP contribution in [0.25, 0.3) is 11.0 Å². The van der Waals surface area contributed by atoms with Crippen LogP contribution in [0.1, 0.15) is 49.2 Å². The normalized spacial score (nSPS) is 17.6. The first-order valence-electron chi connectivity index (χ1n) is 10.3. The highest BCUT2D eigenvalue weighted by Gasteiger charge is 2.32. The van der Waals surface area contributed by atoms with Gasteiger partial charge in [-0.1, -0.05) is 18.2 Å². The van der Waals surface area contributed by atoms with Crippen LogP contribution in [0.2, 0.25) is 0 Å². The summed E-state index contributed by atoms with van der Waals surface area (Å²) in [5.41, 5.74) is 4.31. The van der Waals surface area contributed by atoms with Crippen LogP contribution in [0.15, 0.2) is 42.5 Å². The smallest absolute Gasteiger partial charge is 0.318 e. The molecule has 6 nitrogen and oxygen atoms in total. The molecular formula is C23H28N4O2. The Bertz CT molecular complexity index is 996. The van der Waals surface area contributed by atoms with Crippen molar-refractivity contribution < 1.29 is 9.90 Å².